The predicted octanol–water partition coefficient (Wildman–Crippen LogP) is 5.89. The van der Waals surface area contributed by atoms with Gasteiger partial charge in [0, 0.05) is 37.1 Å². The van der Waals surface area contributed by atoms with Gasteiger partial charge in [-0.25, -0.2) is 8.78 Å². The SMILES string of the molecule is CC(C)c1ccc(CN2CCCn3cccc3[C@@H]2c2c(F)cccc2F)cc1. The van der Waals surface area contributed by atoms with Crippen molar-refractivity contribution in [1.82, 2.24) is 9.47 Å². The number of hydrogen-bond acceptors (Lipinski definition) is 1. The Morgan fingerprint density at radius 3 is 2.32 bits per heavy atom. The second-order valence-corrected chi connectivity index (χ2v) is 7.88. The molecule has 146 valence electrons. The summed E-state index contributed by atoms with van der Waals surface area (Å²) < 4.78 is 31.6. The van der Waals surface area contributed by atoms with Gasteiger partial charge in [-0.2, -0.15) is 0 Å². The molecule has 0 unspecified atom stereocenters. The highest BCUT2D eigenvalue weighted by Crippen LogP contribution is 2.35. The number of halogens is 2. The zero-order chi connectivity index (χ0) is 19.7. The smallest absolute Gasteiger partial charge is 0.131 e. The Balaban J connectivity index is 1.74. The Hall–Kier alpha value is -2.46. The van der Waals surface area contributed by atoms with Gasteiger partial charge in [0.2, 0.25) is 0 Å². The third-order valence-electron chi connectivity index (χ3n) is 5.66. The number of hydrogen-bond donors (Lipinski definition) is 0. The van der Waals surface area contributed by atoms with Gasteiger partial charge in [0.15, 0.2) is 0 Å². The van der Waals surface area contributed by atoms with Gasteiger partial charge in [-0.05, 0) is 47.7 Å². The van der Waals surface area contributed by atoms with Crippen LogP contribution in [0.2, 0.25) is 0 Å². The van der Waals surface area contributed by atoms with Crippen molar-refractivity contribution in [3.05, 3.63) is 94.8 Å². The maximum Gasteiger partial charge on any atom is 0.131 e. The number of rotatable bonds is 4. The van der Waals surface area contributed by atoms with Crippen molar-refractivity contribution >= 4 is 0 Å². The standard InChI is InChI=1S/C24H26F2N2/c1-17(2)19-11-9-18(10-12-19)16-28-15-5-14-27-13-4-8-22(27)24(28)23-20(25)6-3-7-21(23)26/h3-4,6-13,17,24H,5,14-16H2,1-2H3/t24-/m1/s1. The summed E-state index contributed by atoms with van der Waals surface area (Å²) in [4.78, 5) is 2.20. The van der Waals surface area contributed by atoms with E-state index in [0.717, 1.165) is 30.8 Å². The van der Waals surface area contributed by atoms with E-state index in [0.29, 0.717) is 12.5 Å². The zero-order valence-electron chi connectivity index (χ0n) is 16.4. The summed E-state index contributed by atoms with van der Waals surface area (Å²) in [7, 11) is 0. The second kappa shape index (κ2) is 7.88. The fraction of sp³-hybridized carbons (Fsp3) is 0.333. The summed E-state index contributed by atoms with van der Waals surface area (Å²) in [5.74, 6) is -0.490. The molecule has 2 heterocycles. The fourth-order valence-electron chi connectivity index (χ4n) is 4.15. The quantitative estimate of drug-likeness (QED) is 0.548. The number of aromatic nitrogens is 1. The molecule has 1 aliphatic heterocycles. The van der Waals surface area contributed by atoms with Crippen molar-refractivity contribution in [1.29, 1.82) is 0 Å². The molecule has 1 aliphatic rings. The first-order chi connectivity index (χ1) is 13.5. The van der Waals surface area contributed by atoms with Crippen LogP contribution < -0.4 is 0 Å². The van der Waals surface area contributed by atoms with Crippen molar-refractivity contribution in [2.45, 2.75) is 45.3 Å². The average Bonchev–Trinajstić information content (AvgIpc) is 3.06. The van der Waals surface area contributed by atoms with Crippen LogP contribution in [0.5, 0.6) is 0 Å². The van der Waals surface area contributed by atoms with Crippen molar-refractivity contribution in [3.8, 4) is 0 Å². The molecule has 4 rings (SSSR count). The third kappa shape index (κ3) is 3.61. The minimum atomic E-state index is -0.486. The van der Waals surface area contributed by atoms with Crippen molar-refractivity contribution in [3.63, 3.8) is 0 Å². The van der Waals surface area contributed by atoms with E-state index in [2.05, 4.69) is 47.6 Å². The van der Waals surface area contributed by atoms with E-state index in [1.165, 1.54) is 23.8 Å². The Morgan fingerprint density at radius 1 is 0.929 bits per heavy atom. The van der Waals surface area contributed by atoms with E-state index in [-0.39, 0.29) is 5.56 Å². The molecule has 0 saturated heterocycles. The number of aryl methyl sites for hydroxylation is 1. The molecule has 0 radical (unpaired) electrons. The van der Waals surface area contributed by atoms with Gasteiger partial charge < -0.3 is 4.57 Å². The molecule has 0 bridgehead atoms. The van der Waals surface area contributed by atoms with E-state index in [1.807, 2.05) is 18.3 Å². The highest BCUT2D eigenvalue weighted by molar-refractivity contribution is 5.33. The van der Waals surface area contributed by atoms with E-state index in [9.17, 15) is 8.78 Å². The summed E-state index contributed by atoms with van der Waals surface area (Å²) in [6, 6.07) is 16.2. The normalized spacial score (nSPS) is 17.5. The second-order valence-electron chi connectivity index (χ2n) is 7.88. The molecule has 2 aromatic carbocycles. The van der Waals surface area contributed by atoms with E-state index < -0.39 is 17.7 Å². The Labute approximate surface area is 165 Å². The molecule has 28 heavy (non-hydrogen) atoms. The maximum atomic E-state index is 14.7. The number of benzene rings is 2. The number of fused-ring (bicyclic) bond motifs is 1. The van der Waals surface area contributed by atoms with Gasteiger partial charge in [0.1, 0.15) is 11.6 Å². The van der Waals surface area contributed by atoms with Crippen LogP contribution in [0.1, 0.15) is 54.6 Å². The molecule has 1 atom stereocenters. The van der Waals surface area contributed by atoms with Crippen LogP contribution in [0.3, 0.4) is 0 Å². The van der Waals surface area contributed by atoms with Gasteiger partial charge in [0.05, 0.1) is 6.04 Å². The molecular weight excluding hydrogens is 354 g/mol. The summed E-state index contributed by atoms with van der Waals surface area (Å²) >= 11 is 0. The molecule has 1 aromatic heterocycles. The van der Waals surface area contributed by atoms with Crippen LogP contribution >= 0.6 is 0 Å². The molecule has 0 fully saturated rings. The zero-order valence-corrected chi connectivity index (χ0v) is 16.4. The summed E-state index contributed by atoms with van der Waals surface area (Å²) in [5.41, 5.74) is 3.54. The van der Waals surface area contributed by atoms with Gasteiger partial charge in [-0.15, -0.1) is 0 Å². The molecule has 4 heteroatoms. The van der Waals surface area contributed by atoms with E-state index in [4.69, 9.17) is 0 Å². The lowest BCUT2D eigenvalue weighted by molar-refractivity contribution is 0.212. The maximum absolute atomic E-state index is 14.7. The van der Waals surface area contributed by atoms with Crippen LogP contribution in [0.15, 0.2) is 60.8 Å². The first-order valence-electron chi connectivity index (χ1n) is 9.96. The topological polar surface area (TPSA) is 8.17 Å². The fourth-order valence-corrected chi connectivity index (χ4v) is 4.15. The highest BCUT2D eigenvalue weighted by Gasteiger charge is 2.31. The molecule has 0 aliphatic carbocycles. The van der Waals surface area contributed by atoms with Gasteiger partial charge >= 0.3 is 0 Å². The van der Waals surface area contributed by atoms with Crippen LogP contribution in [0.4, 0.5) is 8.78 Å². The Kier molecular flexibility index (Phi) is 5.31. The van der Waals surface area contributed by atoms with E-state index in [1.54, 1.807) is 0 Å². The van der Waals surface area contributed by atoms with Crippen LogP contribution in [-0.2, 0) is 13.1 Å². The van der Waals surface area contributed by atoms with Gasteiger partial charge in [0.25, 0.3) is 0 Å². The molecule has 0 spiro atoms. The highest BCUT2D eigenvalue weighted by atomic mass is 19.1. The first-order valence-corrected chi connectivity index (χ1v) is 9.96. The monoisotopic (exact) mass is 380 g/mol. The predicted molar refractivity (Wildman–Crippen MR) is 108 cm³/mol. The largest absolute Gasteiger partial charge is 0.350 e. The van der Waals surface area contributed by atoms with Crippen LogP contribution in [-0.4, -0.2) is 16.0 Å². The Bertz CT molecular complexity index is 923. The molecular formula is C24H26F2N2. The first kappa shape index (κ1) is 18.9. The summed E-state index contributed by atoms with van der Waals surface area (Å²) in [5, 5.41) is 0. The van der Waals surface area contributed by atoms with Crippen LogP contribution in [0.25, 0.3) is 0 Å². The van der Waals surface area contributed by atoms with Gasteiger partial charge in [-0.3, -0.25) is 4.90 Å². The lowest BCUT2D eigenvalue weighted by Crippen LogP contribution is -2.30. The van der Waals surface area contributed by atoms with Crippen LogP contribution in [0, 0.1) is 11.6 Å². The lowest BCUT2D eigenvalue weighted by atomic mass is 9.98. The van der Waals surface area contributed by atoms with Crippen molar-refractivity contribution in [2.24, 2.45) is 0 Å². The molecule has 2 nitrogen and oxygen atoms in total. The lowest BCUT2D eigenvalue weighted by Gasteiger charge is -2.31. The van der Waals surface area contributed by atoms with E-state index >= 15 is 0 Å². The minimum Gasteiger partial charge on any atom is -0.350 e. The van der Waals surface area contributed by atoms with Gasteiger partial charge in [-0.1, -0.05) is 44.2 Å². The number of nitrogens with zero attached hydrogens (tertiary/aromatic N) is 2. The summed E-state index contributed by atoms with van der Waals surface area (Å²) in [6.07, 6.45) is 2.94. The minimum absolute atomic E-state index is 0.142. The molecule has 0 saturated carbocycles. The molecule has 0 N–H and O–H groups in total. The summed E-state index contributed by atoms with van der Waals surface area (Å²) in [6.45, 7) is 6.65. The van der Waals surface area contributed by atoms with Crippen molar-refractivity contribution < 1.29 is 8.78 Å². The van der Waals surface area contributed by atoms with Crippen molar-refractivity contribution in [2.75, 3.05) is 6.54 Å². The molecule has 3 aromatic rings. The third-order valence-corrected chi connectivity index (χ3v) is 5.66. The Morgan fingerprint density at radius 2 is 1.64 bits per heavy atom. The molecule has 0 amide bonds. The average molecular weight is 380 g/mol.